The van der Waals surface area contributed by atoms with Gasteiger partial charge in [0.1, 0.15) is 5.82 Å². The molecule has 0 amide bonds. The Hall–Kier alpha value is -2.17. The molecule has 2 aromatic heterocycles. The zero-order valence-electron chi connectivity index (χ0n) is 11.3. The van der Waals surface area contributed by atoms with E-state index in [1.807, 2.05) is 44.4 Å². The molecule has 2 aromatic rings. The van der Waals surface area contributed by atoms with Crippen molar-refractivity contribution in [2.75, 3.05) is 23.7 Å². The van der Waals surface area contributed by atoms with Crippen LogP contribution in [-0.2, 0) is 6.42 Å². The molecule has 0 aromatic carbocycles. The van der Waals surface area contributed by atoms with Gasteiger partial charge in [0.2, 0.25) is 5.95 Å². The molecule has 0 fully saturated rings. The summed E-state index contributed by atoms with van der Waals surface area (Å²) in [6.45, 7) is 5.66. The molecule has 0 atom stereocenters. The average molecular weight is 257 g/mol. The highest BCUT2D eigenvalue weighted by Crippen LogP contribution is 2.09. The summed E-state index contributed by atoms with van der Waals surface area (Å²) in [5, 5.41) is 6.45. The first kappa shape index (κ1) is 13.3. The van der Waals surface area contributed by atoms with Crippen molar-refractivity contribution in [2.24, 2.45) is 0 Å². The summed E-state index contributed by atoms with van der Waals surface area (Å²) in [7, 11) is 0. The summed E-state index contributed by atoms with van der Waals surface area (Å²) in [4.78, 5) is 12.7. The summed E-state index contributed by atoms with van der Waals surface area (Å²) in [5.74, 6) is 1.53. The molecule has 0 radical (unpaired) electrons. The Morgan fingerprint density at radius 2 is 1.89 bits per heavy atom. The van der Waals surface area contributed by atoms with Crippen molar-refractivity contribution in [3.8, 4) is 0 Å². The lowest BCUT2D eigenvalue weighted by atomic mass is 10.2. The molecule has 0 aliphatic rings. The molecule has 5 nitrogen and oxygen atoms in total. The van der Waals surface area contributed by atoms with Crippen molar-refractivity contribution in [3.05, 3.63) is 41.9 Å². The Kier molecular flexibility index (Phi) is 4.66. The minimum Gasteiger partial charge on any atom is -0.370 e. The second-order valence-electron chi connectivity index (χ2n) is 4.28. The van der Waals surface area contributed by atoms with Crippen molar-refractivity contribution >= 4 is 11.8 Å². The number of hydrogen-bond donors (Lipinski definition) is 2. The largest absolute Gasteiger partial charge is 0.370 e. The van der Waals surface area contributed by atoms with Crippen molar-refractivity contribution in [1.29, 1.82) is 0 Å². The molecule has 0 bridgehead atoms. The van der Waals surface area contributed by atoms with Gasteiger partial charge in [-0.2, -0.15) is 4.98 Å². The van der Waals surface area contributed by atoms with E-state index in [0.717, 1.165) is 31.0 Å². The van der Waals surface area contributed by atoms with Crippen LogP contribution in [0.5, 0.6) is 0 Å². The van der Waals surface area contributed by atoms with Gasteiger partial charge in [-0.25, -0.2) is 4.98 Å². The second kappa shape index (κ2) is 6.68. The Labute approximate surface area is 113 Å². The topological polar surface area (TPSA) is 62.7 Å². The van der Waals surface area contributed by atoms with E-state index < -0.39 is 0 Å². The molecule has 100 valence electrons. The number of hydrogen-bond acceptors (Lipinski definition) is 5. The molecule has 0 aliphatic heterocycles. The van der Waals surface area contributed by atoms with Gasteiger partial charge in [0.25, 0.3) is 0 Å². The maximum absolute atomic E-state index is 4.41. The van der Waals surface area contributed by atoms with E-state index in [2.05, 4.69) is 25.6 Å². The zero-order valence-corrected chi connectivity index (χ0v) is 11.3. The van der Waals surface area contributed by atoms with Crippen LogP contribution in [0.2, 0.25) is 0 Å². The molecule has 0 aliphatic carbocycles. The van der Waals surface area contributed by atoms with Crippen LogP contribution in [0.4, 0.5) is 11.8 Å². The van der Waals surface area contributed by atoms with Gasteiger partial charge in [0, 0.05) is 37.2 Å². The maximum atomic E-state index is 4.41. The van der Waals surface area contributed by atoms with E-state index in [9.17, 15) is 0 Å². The third kappa shape index (κ3) is 4.21. The van der Waals surface area contributed by atoms with Gasteiger partial charge in [0.15, 0.2) is 0 Å². The quantitative estimate of drug-likeness (QED) is 0.831. The Morgan fingerprint density at radius 3 is 2.63 bits per heavy atom. The SMILES string of the molecule is CCNc1nc(C)cc(NCCc2ccncc2)n1. The number of nitrogens with zero attached hydrogens (tertiary/aromatic N) is 3. The van der Waals surface area contributed by atoms with Crippen molar-refractivity contribution < 1.29 is 0 Å². The average Bonchev–Trinajstić information content (AvgIpc) is 2.40. The number of aryl methyl sites for hydroxylation is 1. The Morgan fingerprint density at radius 1 is 1.11 bits per heavy atom. The van der Waals surface area contributed by atoms with Crippen LogP contribution < -0.4 is 10.6 Å². The highest BCUT2D eigenvalue weighted by molar-refractivity contribution is 5.42. The summed E-state index contributed by atoms with van der Waals surface area (Å²) in [6.07, 6.45) is 4.57. The first-order chi connectivity index (χ1) is 9.28. The van der Waals surface area contributed by atoms with E-state index in [-0.39, 0.29) is 0 Å². The number of anilines is 2. The molecule has 2 heterocycles. The summed E-state index contributed by atoms with van der Waals surface area (Å²) in [5.41, 5.74) is 2.22. The van der Waals surface area contributed by atoms with Crippen LogP contribution in [0.1, 0.15) is 18.2 Å². The molecule has 5 heteroatoms. The summed E-state index contributed by atoms with van der Waals surface area (Å²) >= 11 is 0. The lowest BCUT2D eigenvalue weighted by Crippen LogP contribution is -2.09. The molecule has 0 saturated heterocycles. The highest BCUT2D eigenvalue weighted by atomic mass is 15.1. The summed E-state index contributed by atoms with van der Waals surface area (Å²) < 4.78 is 0. The zero-order chi connectivity index (χ0) is 13.5. The van der Waals surface area contributed by atoms with Crippen molar-refractivity contribution in [2.45, 2.75) is 20.3 Å². The molecular weight excluding hydrogens is 238 g/mol. The van der Waals surface area contributed by atoms with E-state index in [4.69, 9.17) is 0 Å². The minimum atomic E-state index is 0.675. The molecule has 0 unspecified atom stereocenters. The van der Waals surface area contributed by atoms with Crippen LogP contribution in [0.3, 0.4) is 0 Å². The van der Waals surface area contributed by atoms with Gasteiger partial charge in [-0.3, -0.25) is 4.98 Å². The van der Waals surface area contributed by atoms with E-state index in [1.165, 1.54) is 5.56 Å². The minimum absolute atomic E-state index is 0.675. The second-order valence-corrected chi connectivity index (χ2v) is 4.28. The standard InChI is InChI=1S/C14H19N5/c1-3-16-14-18-11(2)10-13(19-14)17-9-6-12-4-7-15-8-5-12/h4-5,7-8,10H,3,6,9H2,1-2H3,(H2,16,17,18,19). The fraction of sp³-hybridized carbons (Fsp3) is 0.357. The first-order valence-electron chi connectivity index (χ1n) is 6.50. The number of pyridine rings is 1. The number of rotatable bonds is 6. The third-order valence-corrected chi connectivity index (χ3v) is 2.66. The summed E-state index contributed by atoms with van der Waals surface area (Å²) in [6, 6.07) is 6.00. The highest BCUT2D eigenvalue weighted by Gasteiger charge is 2.01. The molecular formula is C14H19N5. The maximum Gasteiger partial charge on any atom is 0.224 e. The van der Waals surface area contributed by atoms with E-state index in [0.29, 0.717) is 5.95 Å². The lowest BCUT2D eigenvalue weighted by molar-refractivity contribution is 0.983. The lowest BCUT2D eigenvalue weighted by Gasteiger charge is -2.09. The fourth-order valence-electron chi connectivity index (χ4n) is 1.78. The Bertz CT molecular complexity index is 512. The monoisotopic (exact) mass is 257 g/mol. The van der Waals surface area contributed by atoms with Gasteiger partial charge in [0.05, 0.1) is 0 Å². The smallest absolute Gasteiger partial charge is 0.224 e. The van der Waals surface area contributed by atoms with Crippen LogP contribution in [-0.4, -0.2) is 28.0 Å². The van der Waals surface area contributed by atoms with Gasteiger partial charge < -0.3 is 10.6 Å². The third-order valence-electron chi connectivity index (χ3n) is 2.66. The van der Waals surface area contributed by atoms with Gasteiger partial charge >= 0.3 is 0 Å². The normalized spacial score (nSPS) is 10.2. The molecule has 19 heavy (non-hydrogen) atoms. The van der Waals surface area contributed by atoms with Gasteiger partial charge in [-0.1, -0.05) is 0 Å². The molecule has 0 spiro atoms. The fourth-order valence-corrected chi connectivity index (χ4v) is 1.78. The van der Waals surface area contributed by atoms with Crippen LogP contribution in [0.15, 0.2) is 30.6 Å². The first-order valence-corrected chi connectivity index (χ1v) is 6.50. The predicted molar refractivity (Wildman–Crippen MR) is 77.4 cm³/mol. The number of aromatic nitrogens is 3. The van der Waals surface area contributed by atoms with Crippen molar-refractivity contribution in [3.63, 3.8) is 0 Å². The van der Waals surface area contributed by atoms with Crippen LogP contribution in [0.25, 0.3) is 0 Å². The van der Waals surface area contributed by atoms with Crippen LogP contribution >= 0.6 is 0 Å². The predicted octanol–water partition coefficient (Wildman–Crippen LogP) is 2.27. The van der Waals surface area contributed by atoms with E-state index in [1.54, 1.807) is 0 Å². The number of nitrogens with one attached hydrogen (secondary N) is 2. The van der Waals surface area contributed by atoms with Crippen molar-refractivity contribution in [1.82, 2.24) is 15.0 Å². The van der Waals surface area contributed by atoms with Crippen LogP contribution in [0, 0.1) is 6.92 Å². The molecule has 0 saturated carbocycles. The van der Waals surface area contributed by atoms with E-state index >= 15 is 0 Å². The van der Waals surface area contributed by atoms with Gasteiger partial charge in [-0.05, 0) is 38.0 Å². The molecule has 2 N–H and O–H groups in total. The molecule has 2 rings (SSSR count). The van der Waals surface area contributed by atoms with Gasteiger partial charge in [-0.15, -0.1) is 0 Å². The Balaban J connectivity index is 1.92.